The minimum Gasteiger partial charge on any atom is -0.496 e. The third-order valence-electron chi connectivity index (χ3n) is 7.86. The van der Waals surface area contributed by atoms with Gasteiger partial charge in [-0.05, 0) is 71.7 Å². The summed E-state index contributed by atoms with van der Waals surface area (Å²) in [6, 6.07) is 7.57. The number of aromatic amines is 1. The molecule has 200 valence electrons. The molecule has 3 heterocycles. The van der Waals surface area contributed by atoms with Gasteiger partial charge in [0, 0.05) is 40.3 Å². The fourth-order valence-corrected chi connectivity index (χ4v) is 5.88. The summed E-state index contributed by atoms with van der Waals surface area (Å²) in [5, 5.41) is 0.780. The van der Waals surface area contributed by atoms with Crippen LogP contribution in [0.2, 0.25) is 0 Å². The molecule has 0 amide bonds. The van der Waals surface area contributed by atoms with Gasteiger partial charge in [0.25, 0.3) is 5.56 Å². The SMILES string of the molecule is COc1cc(C)[nH]c(=O)c1CCC(=O)c1c(C)n([C@H](C)[C@@H]2CCN(C)[C@@H](C(F)(F)F)C2)c2ccccc12. The molecule has 0 spiro atoms. The van der Waals surface area contributed by atoms with Crippen LogP contribution in [0.15, 0.2) is 35.1 Å². The average Bonchev–Trinajstić information content (AvgIpc) is 3.13. The number of halogens is 3. The van der Waals surface area contributed by atoms with Crippen molar-refractivity contribution in [3.8, 4) is 5.75 Å². The number of hydrogen-bond acceptors (Lipinski definition) is 4. The number of H-pyrrole nitrogens is 1. The number of ether oxygens (including phenoxy) is 1. The molecule has 37 heavy (non-hydrogen) atoms. The number of rotatable bonds is 7. The second-order valence-electron chi connectivity index (χ2n) is 10.2. The van der Waals surface area contributed by atoms with E-state index in [1.807, 2.05) is 42.7 Å². The Morgan fingerprint density at radius 1 is 1.24 bits per heavy atom. The van der Waals surface area contributed by atoms with Gasteiger partial charge in [-0.25, -0.2) is 0 Å². The van der Waals surface area contributed by atoms with Crippen LogP contribution in [0.1, 0.15) is 59.5 Å². The summed E-state index contributed by atoms with van der Waals surface area (Å²) >= 11 is 0. The molecule has 1 N–H and O–H groups in total. The lowest BCUT2D eigenvalue weighted by molar-refractivity contribution is -0.192. The zero-order chi connectivity index (χ0) is 27.1. The maximum atomic E-state index is 13.7. The largest absolute Gasteiger partial charge is 0.496 e. The quantitative estimate of drug-likeness (QED) is 0.414. The number of carbonyl (C=O) groups excluding carboxylic acids is 1. The zero-order valence-electron chi connectivity index (χ0n) is 21.9. The molecule has 2 aromatic heterocycles. The highest BCUT2D eigenvalue weighted by atomic mass is 19.4. The number of fused-ring (bicyclic) bond motifs is 1. The molecule has 1 aromatic carbocycles. The van der Waals surface area contributed by atoms with Crippen LogP contribution in [0.4, 0.5) is 13.2 Å². The topological polar surface area (TPSA) is 67.3 Å². The lowest BCUT2D eigenvalue weighted by Crippen LogP contribution is -2.49. The van der Waals surface area contributed by atoms with Crippen LogP contribution >= 0.6 is 0 Å². The summed E-state index contributed by atoms with van der Waals surface area (Å²) in [6.45, 7) is 5.95. The number of ketones is 1. The summed E-state index contributed by atoms with van der Waals surface area (Å²) in [5.41, 5.74) is 2.95. The molecule has 9 heteroatoms. The molecule has 0 bridgehead atoms. The summed E-state index contributed by atoms with van der Waals surface area (Å²) in [5.74, 6) is 0.150. The molecule has 3 aromatic rings. The predicted molar refractivity (Wildman–Crippen MR) is 138 cm³/mol. The smallest absolute Gasteiger partial charge is 0.404 e. The Bertz CT molecular complexity index is 1360. The van der Waals surface area contributed by atoms with Crippen LogP contribution in [0.25, 0.3) is 10.9 Å². The molecule has 4 rings (SSSR count). The third kappa shape index (κ3) is 5.19. The fraction of sp³-hybridized carbons (Fsp3) is 0.500. The average molecular weight is 518 g/mol. The van der Waals surface area contributed by atoms with E-state index in [1.54, 1.807) is 13.0 Å². The first kappa shape index (κ1) is 27.0. The number of para-hydroxylation sites is 1. The monoisotopic (exact) mass is 517 g/mol. The van der Waals surface area contributed by atoms with Crippen molar-refractivity contribution in [1.82, 2.24) is 14.5 Å². The van der Waals surface area contributed by atoms with Gasteiger partial charge >= 0.3 is 6.18 Å². The molecule has 3 atom stereocenters. The first-order valence-corrected chi connectivity index (χ1v) is 12.6. The predicted octanol–water partition coefficient (Wildman–Crippen LogP) is 5.60. The summed E-state index contributed by atoms with van der Waals surface area (Å²) in [4.78, 5) is 30.2. The summed E-state index contributed by atoms with van der Waals surface area (Å²) in [6.07, 6.45) is -3.29. The van der Waals surface area contributed by atoms with E-state index >= 15 is 0 Å². The van der Waals surface area contributed by atoms with Gasteiger partial charge in [-0.1, -0.05) is 18.2 Å². The Morgan fingerprint density at radius 3 is 2.62 bits per heavy atom. The fourth-order valence-electron chi connectivity index (χ4n) is 5.88. The highest BCUT2D eigenvalue weighted by Gasteiger charge is 2.46. The Labute approximate surface area is 214 Å². The van der Waals surface area contributed by atoms with E-state index in [0.29, 0.717) is 35.5 Å². The van der Waals surface area contributed by atoms with Crippen molar-refractivity contribution in [3.05, 3.63) is 63.2 Å². The second-order valence-corrected chi connectivity index (χ2v) is 10.2. The number of hydrogen-bond donors (Lipinski definition) is 1. The zero-order valence-corrected chi connectivity index (χ0v) is 21.9. The Kier molecular flexibility index (Phi) is 7.55. The molecule has 1 aliphatic rings. The van der Waals surface area contributed by atoms with Gasteiger partial charge in [0.05, 0.1) is 12.7 Å². The van der Waals surface area contributed by atoms with E-state index in [4.69, 9.17) is 4.74 Å². The molecular weight excluding hydrogens is 483 g/mol. The summed E-state index contributed by atoms with van der Waals surface area (Å²) < 4.78 is 48.4. The van der Waals surface area contributed by atoms with Gasteiger partial charge in [-0.15, -0.1) is 0 Å². The number of benzene rings is 1. The molecule has 1 fully saturated rings. The van der Waals surface area contributed by atoms with Crippen LogP contribution in [-0.4, -0.2) is 53.2 Å². The standard InChI is InChI=1S/C28H34F3N3O3/c1-16-14-24(37-5)21(27(36)32-16)10-11-23(35)26-18(3)34(22-9-7-6-8-20(22)26)17(2)19-12-13-33(4)25(15-19)28(29,30)31/h6-9,14,17,19,25H,10-13,15H2,1-5H3,(H,32,36)/t17-,19-,25-/m1/s1. The van der Waals surface area contributed by atoms with Gasteiger partial charge in [0.15, 0.2) is 5.78 Å². The number of nitrogens with zero attached hydrogens (tertiary/aromatic N) is 2. The summed E-state index contributed by atoms with van der Waals surface area (Å²) in [7, 11) is 3.02. The second kappa shape index (κ2) is 10.4. The molecule has 6 nitrogen and oxygen atoms in total. The van der Waals surface area contributed by atoms with Crippen molar-refractivity contribution >= 4 is 16.7 Å². The maximum Gasteiger partial charge on any atom is 0.404 e. The highest BCUT2D eigenvalue weighted by molar-refractivity contribution is 6.09. The van der Waals surface area contributed by atoms with Crippen LogP contribution in [0.3, 0.4) is 0 Å². The van der Waals surface area contributed by atoms with E-state index < -0.39 is 12.2 Å². The van der Waals surface area contributed by atoms with Crippen LogP contribution in [0.5, 0.6) is 5.75 Å². The number of aromatic nitrogens is 2. The Morgan fingerprint density at radius 2 is 1.95 bits per heavy atom. The number of pyridine rings is 1. The van der Waals surface area contributed by atoms with Crippen molar-refractivity contribution in [3.63, 3.8) is 0 Å². The van der Waals surface area contributed by atoms with Crippen molar-refractivity contribution in [2.75, 3.05) is 20.7 Å². The first-order valence-electron chi connectivity index (χ1n) is 12.6. The van der Waals surface area contributed by atoms with Gasteiger partial charge in [0.1, 0.15) is 11.8 Å². The number of nitrogens with one attached hydrogen (secondary N) is 1. The number of alkyl halides is 3. The minimum absolute atomic E-state index is 0.0202. The van der Waals surface area contributed by atoms with Crippen molar-refractivity contribution < 1.29 is 22.7 Å². The lowest BCUT2D eigenvalue weighted by atomic mass is 9.85. The molecule has 1 saturated heterocycles. The van der Waals surface area contributed by atoms with E-state index in [0.717, 1.165) is 16.6 Å². The van der Waals surface area contributed by atoms with Gasteiger partial charge in [0.2, 0.25) is 0 Å². The molecule has 0 unspecified atom stereocenters. The normalized spacial score (nSPS) is 19.8. The van der Waals surface area contributed by atoms with Crippen LogP contribution in [-0.2, 0) is 6.42 Å². The number of Topliss-reactive ketones (excluding diaryl/α,β-unsaturated/α-hetero) is 1. The van der Waals surface area contributed by atoms with E-state index in [9.17, 15) is 22.8 Å². The van der Waals surface area contributed by atoms with Gasteiger partial charge < -0.3 is 14.3 Å². The minimum atomic E-state index is -4.28. The third-order valence-corrected chi connectivity index (χ3v) is 7.86. The Balaban J connectivity index is 1.66. The van der Waals surface area contributed by atoms with E-state index in [2.05, 4.69) is 4.98 Å². The molecule has 0 aliphatic carbocycles. The van der Waals surface area contributed by atoms with Gasteiger partial charge in [-0.2, -0.15) is 13.2 Å². The van der Waals surface area contributed by atoms with Crippen LogP contribution in [0, 0.1) is 19.8 Å². The molecule has 0 saturated carbocycles. The number of likely N-dealkylation sites (tertiary alicyclic amines) is 1. The van der Waals surface area contributed by atoms with Crippen molar-refractivity contribution in [2.24, 2.45) is 5.92 Å². The molecular formula is C28H34F3N3O3. The molecule has 1 aliphatic heterocycles. The first-order chi connectivity index (χ1) is 17.4. The lowest BCUT2D eigenvalue weighted by Gasteiger charge is -2.40. The molecule has 0 radical (unpaired) electrons. The van der Waals surface area contributed by atoms with E-state index in [1.165, 1.54) is 19.1 Å². The highest BCUT2D eigenvalue weighted by Crippen LogP contribution is 2.40. The Hall–Kier alpha value is -3.07. The van der Waals surface area contributed by atoms with Crippen molar-refractivity contribution in [1.29, 1.82) is 0 Å². The van der Waals surface area contributed by atoms with Crippen LogP contribution < -0.4 is 10.3 Å². The number of aryl methyl sites for hydroxylation is 1. The van der Waals surface area contributed by atoms with E-state index in [-0.39, 0.29) is 42.6 Å². The number of piperidine rings is 1. The maximum absolute atomic E-state index is 13.7. The van der Waals surface area contributed by atoms with Gasteiger partial charge in [-0.3, -0.25) is 14.5 Å². The van der Waals surface area contributed by atoms with Crippen molar-refractivity contribution in [2.45, 2.75) is 64.7 Å². The number of carbonyl (C=O) groups is 1. The number of methoxy groups -OCH3 is 1.